The minimum atomic E-state index is 0.351. The Morgan fingerprint density at radius 2 is 1.59 bits per heavy atom. The highest BCUT2D eigenvalue weighted by Crippen LogP contribution is 2.21. The van der Waals surface area contributed by atoms with Crippen LogP contribution in [0.5, 0.6) is 0 Å². The Bertz CT molecular complexity index is 736. The van der Waals surface area contributed by atoms with Crippen molar-refractivity contribution in [3.05, 3.63) is 70.3 Å². The molecule has 0 spiro atoms. The topological polar surface area (TPSA) is 23.5 Å². The molecule has 0 radical (unpaired) electrons. The van der Waals surface area contributed by atoms with Crippen LogP contribution in [0.2, 0.25) is 0 Å². The molecule has 2 aromatic rings. The van der Waals surface area contributed by atoms with Crippen molar-refractivity contribution in [3.8, 4) is 0 Å². The van der Waals surface area contributed by atoms with Crippen LogP contribution in [-0.4, -0.2) is 36.2 Å². The van der Waals surface area contributed by atoms with Crippen LogP contribution < -0.4 is 0 Å². The molecule has 0 amide bonds. The summed E-state index contributed by atoms with van der Waals surface area (Å²) >= 11 is 0. The van der Waals surface area contributed by atoms with Gasteiger partial charge in [-0.3, -0.25) is 0 Å². The summed E-state index contributed by atoms with van der Waals surface area (Å²) in [6, 6.07) is 16.5. The van der Waals surface area contributed by atoms with Gasteiger partial charge in [0.2, 0.25) is 0 Å². The smallest absolute Gasteiger partial charge is 0.0471 e. The number of rotatable bonds is 5. The minimum absolute atomic E-state index is 0.351. The fourth-order valence-corrected chi connectivity index (χ4v) is 4.75. The van der Waals surface area contributed by atoms with Gasteiger partial charge in [-0.1, -0.05) is 42.5 Å². The van der Waals surface area contributed by atoms with Crippen LogP contribution in [0.25, 0.3) is 0 Å². The van der Waals surface area contributed by atoms with E-state index in [-0.39, 0.29) is 0 Å². The molecule has 1 aliphatic heterocycles. The molecule has 144 valence electrons. The highest BCUT2D eigenvalue weighted by atomic mass is 16.3. The molecule has 1 N–H and O–H groups in total. The number of aryl methyl sites for hydroxylation is 5. The van der Waals surface area contributed by atoms with Crippen molar-refractivity contribution < 1.29 is 5.11 Å². The number of hydrogen-bond acceptors (Lipinski definition) is 2. The molecule has 0 aromatic heterocycles. The lowest BCUT2D eigenvalue weighted by Crippen LogP contribution is -2.37. The third kappa shape index (κ3) is 5.00. The predicted molar refractivity (Wildman–Crippen MR) is 112 cm³/mol. The Labute approximate surface area is 164 Å². The summed E-state index contributed by atoms with van der Waals surface area (Å²) in [4.78, 5) is 2.56. The molecular weight excluding hydrogens is 330 g/mol. The number of piperidine rings is 1. The van der Waals surface area contributed by atoms with Gasteiger partial charge in [-0.2, -0.15) is 0 Å². The molecule has 1 saturated heterocycles. The molecule has 1 fully saturated rings. The van der Waals surface area contributed by atoms with Crippen molar-refractivity contribution >= 4 is 0 Å². The largest absolute Gasteiger partial charge is 0.396 e. The van der Waals surface area contributed by atoms with E-state index in [1.165, 1.54) is 61.0 Å². The first-order valence-electron chi connectivity index (χ1n) is 10.8. The number of nitrogens with zero attached hydrogens (tertiary/aromatic N) is 1. The summed E-state index contributed by atoms with van der Waals surface area (Å²) in [5.74, 6) is 0.495. The van der Waals surface area contributed by atoms with Gasteiger partial charge in [0.25, 0.3) is 0 Å². The van der Waals surface area contributed by atoms with Crippen LogP contribution in [0.3, 0.4) is 0 Å². The standard InChI is InChI=1S/C25H33NO/c27-19-23-3-1-15-26(18-23)16-2-4-25-17-22-10-9-20-5-7-21(8-6-20)11-13-24(25)14-12-22/h5-8,12,14,17,23,27H,1-4,9-11,13,15-16,18-19H2. The van der Waals surface area contributed by atoms with Crippen LogP contribution in [0.15, 0.2) is 42.5 Å². The molecular formula is C25H33NO. The number of aliphatic hydroxyl groups is 1. The van der Waals surface area contributed by atoms with Crippen molar-refractivity contribution in [1.82, 2.24) is 4.90 Å². The number of hydrogen-bond donors (Lipinski definition) is 1. The Balaban J connectivity index is 1.40. The molecule has 1 heterocycles. The van der Waals surface area contributed by atoms with Gasteiger partial charge in [0, 0.05) is 13.2 Å². The summed E-state index contributed by atoms with van der Waals surface area (Å²) in [5, 5.41) is 9.44. The first-order valence-corrected chi connectivity index (χ1v) is 10.8. The van der Waals surface area contributed by atoms with Gasteiger partial charge in [-0.15, -0.1) is 0 Å². The molecule has 27 heavy (non-hydrogen) atoms. The van der Waals surface area contributed by atoms with E-state index in [0.717, 1.165) is 32.2 Å². The van der Waals surface area contributed by atoms with Crippen LogP contribution in [0.1, 0.15) is 47.1 Å². The van der Waals surface area contributed by atoms with E-state index in [0.29, 0.717) is 12.5 Å². The second-order valence-electron chi connectivity index (χ2n) is 8.51. The second kappa shape index (κ2) is 9.03. The van der Waals surface area contributed by atoms with E-state index in [9.17, 15) is 5.11 Å². The van der Waals surface area contributed by atoms with E-state index in [2.05, 4.69) is 47.4 Å². The van der Waals surface area contributed by atoms with Crippen LogP contribution in [-0.2, 0) is 32.1 Å². The summed E-state index contributed by atoms with van der Waals surface area (Å²) in [6.45, 7) is 3.81. The van der Waals surface area contributed by atoms with Crippen LogP contribution in [0, 0.1) is 5.92 Å². The van der Waals surface area contributed by atoms with Gasteiger partial charge < -0.3 is 10.0 Å². The van der Waals surface area contributed by atoms with Gasteiger partial charge >= 0.3 is 0 Å². The second-order valence-corrected chi connectivity index (χ2v) is 8.51. The average molecular weight is 364 g/mol. The third-order valence-electron chi connectivity index (χ3n) is 6.46. The monoisotopic (exact) mass is 363 g/mol. The maximum atomic E-state index is 9.44. The molecule has 1 unspecified atom stereocenters. The van der Waals surface area contributed by atoms with E-state index in [1.54, 1.807) is 5.56 Å². The van der Waals surface area contributed by atoms with Crippen molar-refractivity contribution in [3.63, 3.8) is 0 Å². The molecule has 5 aliphatic rings. The maximum Gasteiger partial charge on any atom is 0.0471 e. The molecule has 2 nitrogen and oxygen atoms in total. The third-order valence-corrected chi connectivity index (χ3v) is 6.46. The molecule has 1 atom stereocenters. The molecule has 7 rings (SSSR count). The first kappa shape index (κ1) is 18.7. The van der Waals surface area contributed by atoms with Gasteiger partial charge in [0.05, 0.1) is 0 Å². The zero-order valence-corrected chi connectivity index (χ0v) is 16.5. The molecule has 2 aromatic carbocycles. The van der Waals surface area contributed by atoms with E-state index in [4.69, 9.17) is 0 Å². The molecule has 4 aliphatic carbocycles. The normalized spacial score (nSPS) is 20.4. The molecule has 2 heteroatoms. The van der Waals surface area contributed by atoms with E-state index >= 15 is 0 Å². The Morgan fingerprint density at radius 3 is 2.37 bits per heavy atom. The maximum absolute atomic E-state index is 9.44. The van der Waals surface area contributed by atoms with Crippen molar-refractivity contribution in [2.45, 2.75) is 51.4 Å². The zero-order chi connectivity index (χ0) is 18.5. The quantitative estimate of drug-likeness (QED) is 0.860. The Morgan fingerprint density at radius 1 is 0.889 bits per heavy atom. The highest BCUT2D eigenvalue weighted by molar-refractivity contribution is 5.35. The van der Waals surface area contributed by atoms with Crippen molar-refractivity contribution in [2.24, 2.45) is 5.92 Å². The fraction of sp³-hybridized carbons (Fsp3) is 0.520. The lowest BCUT2D eigenvalue weighted by atomic mass is 9.91. The SMILES string of the molecule is OCC1CCCN(CCCc2cc3ccc2CCc2ccc(cc2)CC3)C1. The molecule has 4 bridgehead atoms. The lowest BCUT2D eigenvalue weighted by Gasteiger charge is -2.31. The summed E-state index contributed by atoms with van der Waals surface area (Å²) < 4.78 is 0. The van der Waals surface area contributed by atoms with E-state index in [1.807, 2.05) is 0 Å². The average Bonchev–Trinajstić information content (AvgIpc) is 2.71. The first-order chi connectivity index (χ1) is 13.3. The Hall–Kier alpha value is -1.64. The number of benzene rings is 2. The lowest BCUT2D eigenvalue weighted by molar-refractivity contribution is 0.120. The van der Waals surface area contributed by atoms with Gasteiger partial charge in [-0.25, -0.2) is 0 Å². The van der Waals surface area contributed by atoms with Crippen molar-refractivity contribution in [2.75, 3.05) is 26.2 Å². The highest BCUT2D eigenvalue weighted by Gasteiger charge is 2.18. The van der Waals surface area contributed by atoms with Crippen molar-refractivity contribution in [1.29, 1.82) is 0 Å². The van der Waals surface area contributed by atoms with Crippen LogP contribution >= 0.6 is 0 Å². The van der Waals surface area contributed by atoms with Gasteiger partial charge in [0.1, 0.15) is 0 Å². The zero-order valence-electron chi connectivity index (χ0n) is 16.5. The molecule has 0 saturated carbocycles. The summed E-state index contributed by atoms with van der Waals surface area (Å²) in [5.41, 5.74) is 7.50. The van der Waals surface area contributed by atoms with Gasteiger partial charge in [0.15, 0.2) is 0 Å². The number of likely N-dealkylation sites (tertiary alicyclic amines) is 1. The number of aliphatic hydroxyl groups excluding tert-OH is 1. The van der Waals surface area contributed by atoms with E-state index < -0.39 is 0 Å². The summed E-state index contributed by atoms with van der Waals surface area (Å²) in [6.07, 6.45) is 9.39. The summed E-state index contributed by atoms with van der Waals surface area (Å²) in [7, 11) is 0. The fourth-order valence-electron chi connectivity index (χ4n) is 4.75. The predicted octanol–water partition coefficient (Wildman–Crippen LogP) is 4.21. The Kier molecular flexibility index (Phi) is 6.26. The van der Waals surface area contributed by atoms with Crippen LogP contribution in [0.4, 0.5) is 0 Å². The van der Waals surface area contributed by atoms with Gasteiger partial charge in [-0.05, 0) is 98.2 Å². The minimum Gasteiger partial charge on any atom is -0.396 e.